The highest BCUT2D eigenvalue weighted by atomic mass is 19.4. The highest BCUT2D eigenvalue weighted by Crippen LogP contribution is 2.37. The molecular formula is C21H19F3N6O. The van der Waals surface area contributed by atoms with Crippen molar-refractivity contribution in [1.82, 2.24) is 19.9 Å². The lowest BCUT2D eigenvalue weighted by Crippen LogP contribution is -2.23. The second-order valence-corrected chi connectivity index (χ2v) is 7.41. The molecule has 1 aliphatic heterocycles. The van der Waals surface area contributed by atoms with Crippen LogP contribution in [0.1, 0.15) is 22.7 Å². The van der Waals surface area contributed by atoms with Crippen LogP contribution in [0.3, 0.4) is 0 Å². The van der Waals surface area contributed by atoms with Crippen LogP contribution in [0.4, 0.5) is 24.5 Å². The zero-order valence-electron chi connectivity index (χ0n) is 16.8. The number of aromatic nitrogens is 3. The summed E-state index contributed by atoms with van der Waals surface area (Å²) in [7, 11) is 3.84. The van der Waals surface area contributed by atoms with Crippen molar-refractivity contribution in [3.05, 3.63) is 65.5 Å². The lowest BCUT2D eigenvalue weighted by atomic mass is 9.97. The van der Waals surface area contributed by atoms with Crippen LogP contribution < -0.4 is 5.32 Å². The molecular weight excluding hydrogens is 409 g/mol. The van der Waals surface area contributed by atoms with Crippen molar-refractivity contribution in [3.8, 4) is 5.69 Å². The molecule has 1 atom stereocenters. The van der Waals surface area contributed by atoms with Crippen molar-refractivity contribution in [3.63, 3.8) is 0 Å². The molecule has 0 aliphatic carbocycles. The summed E-state index contributed by atoms with van der Waals surface area (Å²) in [5, 5.41) is 10.7. The van der Waals surface area contributed by atoms with Gasteiger partial charge in [0.1, 0.15) is 5.92 Å². The molecule has 2 heterocycles. The first-order valence-corrected chi connectivity index (χ1v) is 9.44. The summed E-state index contributed by atoms with van der Waals surface area (Å²) in [4.78, 5) is 19.2. The van der Waals surface area contributed by atoms with Crippen LogP contribution >= 0.6 is 0 Å². The number of nitrogens with one attached hydrogen (secondary N) is 1. The number of amides is 1. The average molecular weight is 428 g/mol. The zero-order chi connectivity index (χ0) is 22.2. The molecule has 7 nitrogen and oxygen atoms in total. The molecule has 0 saturated heterocycles. The highest BCUT2D eigenvalue weighted by Gasteiger charge is 2.32. The number of fused-ring (bicyclic) bond motifs is 1. The Kier molecular flexibility index (Phi) is 5.32. The highest BCUT2D eigenvalue weighted by molar-refractivity contribution is 6.10. The van der Waals surface area contributed by atoms with Crippen LogP contribution in [0, 0.1) is 0 Å². The minimum Gasteiger partial charge on any atom is -0.323 e. The van der Waals surface area contributed by atoms with E-state index in [9.17, 15) is 18.0 Å². The van der Waals surface area contributed by atoms with Gasteiger partial charge in [-0.05, 0) is 43.9 Å². The van der Waals surface area contributed by atoms with E-state index in [0.717, 1.165) is 17.8 Å². The van der Waals surface area contributed by atoms with Crippen LogP contribution in [-0.4, -0.2) is 46.1 Å². The van der Waals surface area contributed by atoms with Crippen molar-refractivity contribution in [2.24, 2.45) is 4.99 Å². The van der Waals surface area contributed by atoms with Crippen molar-refractivity contribution in [2.45, 2.75) is 18.6 Å². The number of hydrogen-bond acceptors (Lipinski definition) is 5. The molecule has 1 N–H and O–H groups in total. The van der Waals surface area contributed by atoms with Crippen molar-refractivity contribution in [2.75, 3.05) is 19.4 Å². The van der Waals surface area contributed by atoms with Gasteiger partial charge in [-0.15, -0.1) is 5.10 Å². The number of rotatable bonds is 4. The molecule has 3 aromatic rings. The summed E-state index contributed by atoms with van der Waals surface area (Å²) >= 11 is 0. The van der Waals surface area contributed by atoms with Gasteiger partial charge in [-0.25, -0.2) is 4.68 Å². The fourth-order valence-corrected chi connectivity index (χ4v) is 3.41. The Bertz CT molecular complexity index is 1150. The maximum atomic E-state index is 13.1. The number of alkyl halides is 3. The standard InChI is InChI=1S/C21H19F3N6O/c1-29(2)12-14-10-26-28-30(14)19-6-4-3-5-15(19)16-11-25-17-8-7-13(21(22,23)24)9-18(17)27-20(16)31/h3-11,16H,12H2,1-2H3,(H,27,31). The van der Waals surface area contributed by atoms with Crippen molar-refractivity contribution < 1.29 is 18.0 Å². The molecule has 0 saturated carbocycles. The molecule has 0 fully saturated rings. The summed E-state index contributed by atoms with van der Waals surface area (Å²) in [5.74, 6) is -1.31. The van der Waals surface area contributed by atoms with E-state index in [2.05, 4.69) is 20.6 Å². The molecule has 2 aromatic carbocycles. The second-order valence-electron chi connectivity index (χ2n) is 7.41. The summed E-state index contributed by atoms with van der Waals surface area (Å²) < 4.78 is 40.8. The molecule has 1 unspecified atom stereocenters. The molecule has 160 valence electrons. The lowest BCUT2D eigenvalue weighted by Gasteiger charge is -2.17. The van der Waals surface area contributed by atoms with E-state index < -0.39 is 23.6 Å². The molecule has 0 bridgehead atoms. The minimum atomic E-state index is -4.52. The summed E-state index contributed by atoms with van der Waals surface area (Å²) in [6, 6.07) is 10.3. The van der Waals surface area contributed by atoms with Gasteiger partial charge in [0.05, 0.1) is 34.5 Å². The fraction of sp³-hybridized carbons (Fsp3) is 0.238. The number of hydrogen-bond donors (Lipinski definition) is 1. The summed E-state index contributed by atoms with van der Waals surface area (Å²) in [5.41, 5.74) is 1.50. The quantitative estimate of drug-likeness (QED) is 0.686. The molecule has 4 rings (SSSR count). The molecule has 31 heavy (non-hydrogen) atoms. The Morgan fingerprint density at radius 1 is 1.16 bits per heavy atom. The Morgan fingerprint density at radius 3 is 2.68 bits per heavy atom. The number of carbonyl (C=O) groups is 1. The van der Waals surface area contributed by atoms with Gasteiger partial charge < -0.3 is 10.2 Å². The SMILES string of the molecule is CN(C)Cc1cnnn1-c1ccccc1C1C=Nc2ccc(C(F)(F)F)cc2NC1=O. The first kappa shape index (κ1) is 20.7. The number of benzene rings is 2. The number of anilines is 1. The van der Waals surface area contributed by atoms with Crippen LogP contribution in [0.25, 0.3) is 5.69 Å². The fourth-order valence-electron chi connectivity index (χ4n) is 3.41. The first-order valence-electron chi connectivity index (χ1n) is 9.44. The van der Waals surface area contributed by atoms with Crippen LogP contribution in [0.2, 0.25) is 0 Å². The van der Waals surface area contributed by atoms with Gasteiger partial charge in [-0.1, -0.05) is 23.4 Å². The van der Waals surface area contributed by atoms with Crippen molar-refractivity contribution in [1.29, 1.82) is 0 Å². The normalized spacial score (nSPS) is 16.2. The van der Waals surface area contributed by atoms with E-state index in [1.54, 1.807) is 23.0 Å². The number of para-hydroxylation sites is 1. The lowest BCUT2D eigenvalue weighted by molar-refractivity contribution is -0.137. The van der Waals surface area contributed by atoms with Gasteiger partial charge in [0.15, 0.2) is 0 Å². The van der Waals surface area contributed by atoms with Gasteiger partial charge >= 0.3 is 6.18 Å². The monoisotopic (exact) mass is 428 g/mol. The van der Waals surface area contributed by atoms with Gasteiger partial charge in [-0.3, -0.25) is 9.79 Å². The Hall–Kier alpha value is -3.53. The Morgan fingerprint density at radius 2 is 1.94 bits per heavy atom. The Balaban J connectivity index is 1.72. The maximum absolute atomic E-state index is 13.1. The predicted octanol–water partition coefficient (Wildman–Crippen LogP) is 3.79. The van der Waals surface area contributed by atoms with E-state index >= 15 is 0 Å². The molecule has 1 aromatic heterocycles. The van der Waals surface area contributed by atoms with E-state index in [1.165, 1.54) is 12.3 Å². The molecule has 0 spiro atoms. The maximum Gasteiger partial charge on any atom is 0.416 e. The van der Waals surface area contributed by atoms with Crippen LogP contribution in [-0.2, 0) is 17.5 Å². The summed E-state index contributed by atoms with van der Waals surface area (Å²) in [6.45, 7) is 0.581. The van der Waals surface area contributed by atoms with Crippen LogP contribution in [0.15, 0.2) is 53.7 Å². The number of halogens is 3. The van der Waals surface area contributed by atoms with E-state index in [1.807, 2.05) is 31.1 Å². The molecule has 10 heteroatoms. The zero-order valence-corrected chi connectivity index (χ0v) is 16.8. The van der Waals surface area contributed by atoms with E-state index in [-0.39, 0.29) is 11.4 Å². The smallest absolute Gasteiger partial charge is 0.323 e. The third-order valence-corrected chi connectivity index (χ3v) is 4.83. The molecule has 1 aliphatic rings. The number of carbonyl (C=O) groups excluding carboxylic acids is 1. The molecule has 1 amide bonds. The average Bonchev–Trinajstić information content (AvgIpc) is 3.08. The summed E-state index contributed by atoms with van der Waals surface area (Å²) in [6.07, 6.45) is -1.43. The third kappa shape index (κ3) is 4.19. The van der Waals surface area contributed by atoms with Gasteiger partial charge in [-0.2, -0.15) is 13.2 Å². The molecule has 0 radical (unpaired) electrons. The largest absolute Gasteiger partial charge is 0.416 e. The van der Waals surface area contributed by atoms with Crippen molar-refractivity contribution >= 4 is 23.5 Å². The second kappa shape index (κ2) is 7.95. The van der Waals surface area contributed by atoms with Gasteiger partial charge in [0.25, 0.3) is 0 Å². The Labute approximate surface area is 176 Å². The van der Waals surface area contributed by atoms with Gasteiger partial charge in [0, 0.05) is 12.8 Å². The predicted molar refractivity (Wildman–Crippen MR) is 110 cm³/mol. The minimum absolute atomic E-state index is 0.0186. The van der Waals surface area contributed by atoms with E-state index in [0.29, 0.717) is 17.8 Å². The third-order valence-electron chi connectivity index (χ3n) is 4.83. The number of nitrogens with zero attached hydrogens (tertiary/aromatic N) is 5. The topological polar surface area (TPSA) is 75.4 Å². The van der Waals surface area contributed by atoms with Gasteiger partial charge in [0.2, 0.25) is 5.91 Å². The number of aliphatic imine (C=N–C) groups is 1. The van der Waals surface area contributed by atoms with Crippen LogP contribution in [0.5, 0.6) is 0 Å². The first-order chi connectivity index (χ1) is 14.7. The van der Waals surface area contributed by atoms with E-state index in [4.69, 9.17) is 0 Å².